The summed E-state index contributed by atoms with van der Waals surface area (Å²) in [6.45, 7) is 1.72. The van der Waals surface area contributed by atoms with Crippen molar-refractivity contribution < 1.29 is 17.9 Å². The number of benzene rings is 2. The first-order valence-corrected chi connectivity index (χ1v) is 7.69. The van der Waals surface area contributed by atoms with Gasteiger partial charge in [-0.2, -0.15) is 0 Å². The second-order valence-corrected chi connectivity index (χ2v) is 6.12. The van der Waals surface area contributed by atoms with Crippen molar-refractivity contribution in [2.75, 3.05) is 11.8 Å². The number of anilines is 1. The summed E-state index contributed by atoms with van der Waals surface area (Å²) in [5, 5.41) is 0. The summed E-state index contributed by atoms with van der Waals surface area (Å²) in [6, 6.07) is 12.9. The molecule has 0 heterocycles. The molecule has 0 atom stereocenters. The zero-order chi connectivity index (χ0) is 15.5. The summed E-state index contributed by atoms with van der Waals surface area (Å²) in [5.74, 6) is -0.565. The Bertz CT molecular complexity index is 754. The number of sulfonamides is 1. The molecule has 0 aliphatic rings. The molecule has 0 saturated carbocycles. The molecule has 2 aromatic rings. The van der Waals surface area contributed by atoms with Crippen molar-refractivity contribution in [3.05, 3.63) is 59.7 Å². The molecule has 2 rings (SSSR count). The fraction of sp³-hybridized carbons (Fsp3) is 0.133. The molecule has 2 aromatic carbocycles. The second-order valence-electron chi connectivity index (χ2n) is 4.44. The number of rotatable bonds is 4. The third kappa shape index (κ3) is 3.41. The van der Waals surface area contributed by atoms with Crippen molar-refractivity contribution in [1.29, 1.82) is 0 Å². The molecule has 0 unspecified atom stereocenters. The second kappa shape index (κ2) is 5.97. The van der Waals surface area contributed by atoms with Crippen LogP contribution in [-0.2, 0) is 14.8 Å². The van der Waals surface area contributed by atoms with Crippen LogP contribution >= 0.6 is 0 Å². The molecule has 21 heavy (non-hydrogen) atoms. The van der Waals surface area contributed by atoms with E-state index in [-0.39, 0.29) is 10.5 Å². The smallest absolute Gasteiger partial charge is 0.338 e. The molecule has 0 aromatic heterocycles. The number of aryl methyl sites for hydroxylation is 1. The van der Waals surface area contributed by atoms with Gasteiger partial charge in [0.15, 0.2) is 0 Å². The quantitative estimate of drug-likeness (QED) is 0.881. The van der Waals surface area contributed by atoms with Crippen molar-refractivity contribution in [1.82, 2.24) is 0 Å². The van der Waals surface area contributed by atoms with Crippen molar-refractivity contribution >= 4 is 21.7 Å². The van der Waals surface area contributed by atoms with Crippen LogP contribution in [-0.4, -0.2) is 21.5 Å². The van der Waals surface area contributed by atoms with Crippen LogP contribution in [0, 0.1) is 6.92 Å². The van der Waals surface area contributed by atoms with Gasteiger partial charge in [-0.05, 0) is 36.8 Å². The number of para-hydroxylation sites is 1. The number of esters is 1. The van der Waals surface area contributed by atoms with Crippen LogP contribution in [0.4, 0.5) is 5.69 Å². The first kappa shape index (κ1) is 15.1. The van der Waals surface area contributed by atoms with Crippen molar-refractivity contribution in [3.63, 3.8) is 0 Å². The lowest BCUT2D eigenvalue weighted by Crippen LogP contribution is -2.14. The van der Waals surface area contributed by atoms with E-state index in [1.54, 1.807) is 43.3 Å². The maximum Gasteiger partial charge on any atom is 0.338 e. The zero-order valence-corrected chi connectivity index (χ0v) is 12.5. The third-order valence-corrected chi connectivity index (χ3v) is 4.33. The molecule has 6 heteroatoms. The van der Waals surface area contributed by atoms with Gasteiger partial charge in [0.05, 0.1) is 17.6 Å². The van der Waals surface area contributed by atoms with Crippen molar-refractivity contribution in [3.8, 4) is 0 Å². The van der Waals surface area contributed by atoms with Gasteiger partial charge in [0, 0.05) is 5.69 Å². The largest absolute Gasteiger partial charge is 0.465 e. The molecule has 0 aliphatic carbocycles. The van der Waals surface area contributed by atoms with Gasteiger partial charge in [-0.3, -0.25) is 4.72 Å². The third-order valence-electron chi connectivity index (χ3n) is 2.95. The first-order valence-electron chi connectivity index (χ1n) is 6.21. The fourth-order valence-corrected chi connectivity index (χ4v) is 2.90. The lowest BCUT2D eigenvalue weighted by molar-refractivity contribution is 0.0599. The van der Waals surface area contributed by atoms with E-state index in [1.165, 1.54) is 19.2 Å². The van der Waals surface area contributed by atoms with Gasteiger partial charge in [-0.1, -0.05) is 24.3 Å². The Hall–Kier alpha value is -2.34. The molecule has 0 fully saturated rings. The van der Waals surface area contributed by atoms with Gasteiger partial charge >= 0.3 is 5.97 Å². The number of carbonyl (C=O) groups excluding carboxylic acids is 1. The number of ether oxygens (including phenoxy) is 1. The van der Waals surface area contributed by atoms with Crippen LogP contribution in [0.1, 0.15) is 15.9 Å². The van der Waals surface area contributed by atoms with E-state index in [1.807, 2.05) is 0 Å². The van der Waals surface area contributed by atoms with E-state index >= 15 is 0 Å². The Morgan fingerprint density at radius 1 is 1.10 bits per heavy atom. The molecule has 5 nitrogen and oxygen atoms in total. The monoisotopic (exact) mass is 305 g/mol. The van der Waals surface area contributed by atoms with Crippen LogP contribution in [0.25, 0.3) is 0 Å². The lowest BCUT2D eigenvalue weighted by Gasteiger charge is -2.10. The molecule has 110 valence electrons. The molecule has 1 N–H and O–H groups in total. The Kier molecular flexibility index (Phi) is 4.28. The van der Waals surface area contributed by atoms with E-state index in [0.29, 0.717) is 11.3 Å². The highest BCUT2D eigenvalue weighted by Crippen LogP contribution is 2.19. The lowest BCUT2D eigenvalue weighted by atomic mass is 10.1. The van der Waals surface area contributed by atoms with Crippen molar-refractivity contribution in [2.24, 2.45) is 0 Å². The number of methoxy groups -OCH3 is 1. The van der Waals surface area contributed by atoms with Gasteiger partial charge in [0.1, 0.15) is 0 Å². The molecule has 0 bridgehead atoms. The van der Waals surface area contributed by atoms with Gasteiger partial charge in [-0.15, -0.1) is 0 Å². The molecule has 0 aliphatic heterocycles. The molecular weight excluding hydrogens is 290 g/mol. The summed E-state index contributed by atoms with van der Waals surface area (Å²) in [6.07, 6.45) is 0. The topological polar surface area (TPSA) is 72.5 Å². The van der Waals surface area contributed by atoms with Gasteiger partial charge in [0.25, 0.3) is 10.0 Å². The SMILES string of the molecule is COC(=O)c1cc(S(=O)(=O)Nc2ccccc2)ccc1C. The number of carbonyl (C=O) groups is 1. The fourth-order valence-electron chi connectivity index (χ4n) is 1.82. The summed E-state index contributed by atoms with van der Waals surface area (Å²) in [4.78, 5) is 11.6. The molecule has 0 saturated heterocycles. The molecule has 0 amide bonds. The Morgan fingerprint density at radius 2 is 1.76 bits per heavy atom. The summed E-state index contributed by atoms with van der Waals surface area (Å²) >= 11 is 0. The Balaban J connectivity index is 2.39. The highest BCUT2D eigenvalue weighted by atomic mass is 32.2. The van der Waals surface area contributed by atoms with E-state index in [9.17, 15) is 13.2 Å². The standard InChI is InChI=1S/C15H15NO4S/c1-11-8-9-13(10-14(11)15(17)20-2)21(18,19)16-12-6-4-3-5-7-12/h3-10,16H,1-2H3. The highest BCUT2D eigenvalue weighted by molar-refractivity contribution is 7.92. The van der Waals surface area contributed by atoms with Crippen LogP contribution in [0.2, 0.25) is 0 Å². The van der Waals surface area contributed by atoms with Crippen LogP contribution in [0.3, 0.4) is 0 Å². The number of hydrogen-bond acceptors (Lipinski definition) is 4. The first-order chi connectivity index (χ1) is 9.94. The van der Waals surface area contributed by atoms with E-state index in [2.05, 4.69) is 9.46 Å². The predicted octanol–water partition coefficient (Wildman–Crippen LogP) is 2.58. The van der Waals surface area contributed by atoms with Gasteiger partial charge in [-0.25, -0.2) is 13.2 Å². The van der Waals surface area contributed by atoms with E-state index in [0.717, 1.165) is 0 Å². The minimum absolute atomic E-state index is 0.0114. The molecule has 0 radical (unpaired) electrons. The van der Waals surface area contributed by atoms with Crippen LogP contribution in [0.5, 0.6) is 0 Å². The number of nitrogens with one attached hydrogen (secondary N) is 1. The summed E-state index contributed by atoms with van der Waals surface area (Å²) < 4.78 is 31.7. The Morgan fingerprint density at radius 3 is 2.38 bits per heavy atom. The Labute approximate surface area is 123 Å². The molecular formula is C15H15NO4S. The maximum atomic E-state index is 12.3. The average Bonchev–Trinajstić information content (AvgIpc) is 2.47. The number of hydrogen-bond donors (Lipinski definition) is 1. The zero-order valence-electron chi connectivity index (χ0n) is 11.7. The van der Waals surface area contributed by atoms with Crippen LogP contribution < -0.4 is 4.72 Å². The minimum Gasteiger partial charge on any atom is -0.465 e. The van der Waals surface area contributed by atoms with E-state index in [4.69, 9.17) is 0 Å². The van der Waals surface area contributed by atoms with Gasteiger partial charge in [0.2, 0.25) is 0 Å². The van der Waals surface area contributed by atoms with Crippen LogP contribution in [0.15, 0.2) is 53.4 Å². The maximum absolute atomic E-state index is 12.3. The van der Waals surface area contributed by atoms with Gasteiger partial charge < -0.3 is 4.74 Å². The van der Waals surface area contributed by atoms with E-state index < -0.39 is 16.0 Å². The van der Waals surface area contributed by atoms with Crippen molar-refractivity contribution in [2.45, 2.75) is 11.8 Å². The normalized spacial score (nSPS) is 11.0. The average molecular weight is 305 g/mol. The molecule has 0 spiro atoms. The predicted molar refractivity (Wildman–Crippen MR) is 79.8 cm³/mol. The minimum atomic E-state index is -3.75. The highest BCUT2D eigenvalue weighted by Gasteiger charge is 2.18. The summed E-state index contributed by atoms with van der Waals surface area (Å²) in [5.41, 5.74) is 1.34. The summed E-state index contributed by atoms with van der Waals surface area (Å²) in [7, 11) is -2.50.